The first-order valence-electron chi connectivity index (χ1n) is 7.04. The van der Waals surface area contributed by atoms with Crippen molar-refractivity contribution < 1.29 is 9.53 Å². The summed E-state index contributed by atoms with van der Waals surface area (Å²) in [5.41, 5.74) is 2.96. The van der Waals surface area contributed by atoms with Crippen LogP contribution in [0.4, 0.5) is 0 Å². The summed E-state index contributed by atoms with van der Waals surface area (Å²) in [6.45, 7) is 1.13. The molecule has 1 saturated heterocycles. The van der Waals surface area contributed by atoms with Crippen LogP contribution in [0.3, 0.4) is 0 Å². The summed E-state index contributed by atoms with van der Waals surface area (Å²) in [5.74, 6) is -0.0423. The van der Waals surface area contributed by atoms with Crippen molar-refractivity contribution in [2.45, 2.75) is 25.5 Å². The van der Waals surface area contributed by atoms with E-state index in [4.69, 9.17) is 4.74 Å². The number of ether oxygens (including phenoxy) is 1. The SMILES string of the molecule is Cn1cc(-c2cncc(CNC(=O)[C@@H]3CCCO3)c2)cn1. The molecule has 110 valence electrons. The molecule has 0 unspecified atom stereocenters. The van der Waals surface area contributed by atoms with Crippen LogP contribution in [-0.2, 0) is 23.1 Å². The first-order valence-corrected chi connectivity index (χ1v) is 7.04. The first-order chi connectivity index (χ1) is 10.2. The molecule has 0 radical (unpaired) electrons. The van der Waals surface area contributed by atoms with Crippen molar-refractivity contribution in [2.24, 2.45) is 7.05 Å². The lowest BCUT2D eigenvalue weighted by Crippen LogP contribution is -2.33. The monoisotopic (exact) mass is 286 g/mol. The number of amides is 1. The Labute approximate surface area is 123 Å². The smallest absolute Gasteiger partial charge is 0.249 e. The predicted octanol–water partition coefficient (Wildman–Crippen LogP) is 1.28. The number of aromatic nitrogens is 3. The zero-order chi connectivity index (χ0) is 14.7. The molecule has 2 aromatic rings. The summed E-state index contributed by atoms with van der Waals surface area (Å²) < 4.78 is 7.11. The minimum Gasteiger partial charge on any atom is -0.368 e. The normalized spacial score (nSPS) is 17.9. The summed E-state index contributed by atoms with van der Waals surface area (Å²) in [6.07, 6.45) is 8.75. The van der Waals surface area contributed by atoms with E-state index in [1.54, 1.807) is 23.3 Å². The third kappa shape index (κ3) is 3.28. The molecule has 3 heterocycles. The van der Waals surface area contributed by atoms with Crippen molar-refractivity contribution in [2.75, 3.05) is 6.61 Å². The molecule has 2 aromatic heterocycles. The zero-order valence-corrected chi connectivity index (χ0v) is 12.0. The van der Waals surface area contributed by atoms with Crippen LogP contribution in [0.5, 0.6) is 0 Å². The zero-order valence-electron chi connectivity index (χ0n) is 12.0. The van der Waals surface area contributed by atoms with Gasteiger partial charge in [0.1, 0.15) is 6.10 Å². The van der Waals surface area contributed by atoms with Crippen LogP contribution in [0.1, 0.15) is 18.4 Å². The molecule has 1 aliphatic rings. The van der Waals surface area contributed by atoms with Crippen LogP contribution < -0.4 is 5.32 Å². The number of carbonyl (C=O) groups is 1. The highest BCUT2D eigenvalue weighted by molar-refractivity contribution is 5.81. The summed E-state index contributed by atoms with van der Waals surface area (Å²) in [5, 5.41) is 7.05. The number of hydrogen-bond acceptors (Lipinski definition) is 4. The van der Waals surface area contributed by atoms with Crippen molar-refractivity contribution in [3.8, 4) is 11.1 Å². The van der Waals surface area contributed by atoms with Gasteiger partial charge in [-0.3, -0.25) is 14.5 Å². The average Bonchev–Trinajstić information content (AvgIpc) is 3.16. The molecule has 1 atom stereocenters. The van der Waals surface area contributed by atoms with Crippen LogP contribution in [0.25, 0.3) is 11.1 Å². The molecule has 0 aromatic carbocycles. The molecule has 1 aliphatic heterocycles. The van der Waals surface area contributed by atoms with E-state index in [2.05, 4.69) is 15.4 Å². The Morgan fingerprint density at radius 2 is 2.33 bits per heavy atom. The van der Waals surface area contributed by atoms with Gasteiger partial charge in [-0.25, -0.2) is 0 Å². The Bertz CT molecular complexity index is 632. The summed E-state index contributed by atoms with van der Waals surface area (Å²) in [4.78, 5) is 16.1. The van der Waals surface area contributed by atoms with Crippen molar-refractivity contribution in [1.82, 2.24) is 20.1 Å². The molecule has 6 nitrogen and oxygen atoms in total. The second kappa shape index (κ2) is 6.05. The second-order valence-corrected chi connectivity index (χ2v) is 5.20. The minimum absolute atomic E-state index is 0.0423. The maximum atomic E-state index is 11.9. The number of hydrogen-bond donors (Lipinski definition) is 1. The van der Waals surface area contributed by atoms with Gasteiger partial charge in [0, 0.05) is 49.9 Å². The molecular formula is C15H18N4O2. The summed E-state index contributed by atoms with van der Waals surface area (Å²) in [7, 11) is 1.88. The Morgan fingerprint density at radius 1 is 1.43 bits per heavy atom. The van der Waals surface area contributed by atoms with Gasteiger partial charge in [-0.15, -0.1) is 0 Å². The van der Waals surface area contributed by atoms with Gasteiger partial charge < -0.3 is 10.1 Å². The average molecular weight is 286 g/mol. The quantitative estimate of drug-likeness (QED) is 0.919. The lowest BCUT2D eigenvalue weighted by molar-refractivity contribution is -0.130. The standard InChI is InChI=1S/C15H18N4O2/c1-19-10-13(9-18-19)12-5-11(6-16-8-12)7-17-15(20)14-3-2-4-21-14/h5-6,8-10,14H,2-4,7H2,1H3,(H,17,20)/t14-/m0/s1. The topological polar surface area (TPSA) is 69.0 Å². The van der Waals surface area contributed by atoms with E-state index in [1.807, 2.05) is 19.3 Å². The molecule has 0 saturated carbocycles. The molecule has 6 heteroatoms. The molecule has 0 bridgehead atoms. The maximum Gasteiger partial charge on any atom is 0.249 e. The highest BCUT2D eigenvalue weighted by Gasteiger charge is 2.22. The molecular weight excluding hydrogens is 268 g/mol. The number of carbonyl (C=O) groups excluding carboxylic acids is 1. The summed E-state index contributed by atoms with van der Waals surface area (Å²) >= 11 is 0. The van der Waals surface area contributed by atoms with E-state index >= 15 is 0 Å². The van der Waals surface area contributed by atoms with Crippen LogP contribution in [0.2, 0.25) is 0 Å². The minimum atomic E-state index is -0.292. The molecule has 0 aliphatic carbocycles. The maximum absolute atomic E-state index is 11.9. The fraction of sp³-hybridized carbons (Fsp3) is 0.400. The lowest BCUT2D eigenvalue weighted by atomic mass is 10.1. The Kier molecular flexibility index (Phi) is 3.96. The largest absolute Gasteiger partial charge is 0.368 e. The highest BCUT2D eigenvalue weighted by atomic mass is 16.5. The number of nitrogens with one attached hydrogen (secondary N) is 1. The van der Waals surface area contributed by atoms with Gasteiger partial charge in [-0.05, 0) is 24.5 Å². The molecule has 1 fully saturated rings. The fourth-order valence-electron chi connectivity index (χ4n) is 2.40. The van der Waals surface area contributed by atoms with Gasteiger partial charge in [0.25, 0.3) is 0 Å². The molecule has 3 rings (SSSR count). The molecule has 1 N–H and O–H groups in total. The van der Waals surface area contributed by atoms with Gasteiger partial charge in [0.15, 0.2) is 0 Å². The van der Waals surface area contributed by atoms with Crippen LogP contribution >= 0.6 is 0 Å². The lowest BCUT2D eigenvalue weighted by Gasteiger charge is -2.10. The van der Waals surface area contributed by atoms with E-state index in [9.17, 15) is 4.79 Å². The van der Waals surface area contributed by atoms with E-state index in [-0.39, 0.29) is 12.0 Å². The van der Waals surface area contributed by atoms with E-state index < -0.39 is 0 Å². The van der Waals surface area contributed by atoms with Gasteiger partial charge in [-0.1, -0.05) is 0 Å². The van der Waals surface area contributed by atoms with E-state index in [0.29, 0.717) is 13.2 Å². The first kappa shape index (κ1) is 13.8. The third-order valence-corrected chi connectivity index (χ3v) is 3.52. The molecule has 0 spiro atoms. The van der Waals surface area contributed by atoms with Crippen LogP contribution in [-0.4, -0.2) is 33.4 Å². The molecule has 1 amide bonds. The Morgan fingerprint density at radius 3 is 3.05 bits per heavy atom. The van der Waals surface area contributed by atoms with Crippen molar-refractivity contribution in [3.63, 3.8) is 0 Å². The summed E-state index contributed by atoms with van der Waals surface area (Å²) in [6, 6.07) is 2.01. The number of nitrogens with zero attached hydrogens (tertiary/aromatic N) is 3. The fourth-order valence-corrected chi connectivity index (χ4v) is 2.40. The second-order valence-electron chi connectivity index (χ2n) is 5.20. The van der Waals surface area contributed by atoms with Crippen LogP contribution in [0.15, 0.2) is 30.9 Å². The highest BCUT2D eigenvalue weighted by Crippen LogP contribution is 2.18. The van der Waals surface area contributed by atoms with Crippen molar-refractivity contribution in [1.29, 1.82) is 0 Å². The van der Waals surface area contributed by atoms with Gasteiger partial charge >= 0.3 is 0 Å². The van der Waals surface area contributed by atoms with E-state index in [0.717, 1.165) is 29.5 Å². The number of rotatable bonds is 4. The third-order valence-electron chi connectivity index (χ3n) is 3.52. The van der Waals surface area contributed by atoms with Crippen LogP contribution in [0, 0.1) is 0 Å². The van der Waals surface area contributed by atoms with Gasteiger partial charge in [-0.2, -0.15) is 5.10 Å². The van der Waals surface area contributed by atoms with Crippen molar-refractivity contribution >= 4 is 5.91 Å². The Balaban J connectivity index is 1.64. The number of aryl methyl sites for hydroxylation is 1. The number of pyridine rings is 1. The van der Waals surface area contributed by atoms with E-state index in [1.165, 1.54) is 0 Å². The molecule has 21 heavy (non-hydrogen) atoms. The Hall–Kier alpha value is -2.21. The van der Waals surface area contributed by atoms with Gasteiger partial charge in [0.2, 0.25) is 5.91 Å². The van der Waals surface area contributed by atoms with Crippen molar-refractivity contribution in [3.05, 3.63) is 36.4 Å². The van der Waals surface area contributed by atoms with Gasteiger partial charge in [0.05, 0.1) is 6.20 Å². The predicted molar refractivity (Wildman–Crippen MR) is 77.3 cm³/mol.